The number of aromatic nitrogens is 1. The van der Waals surface area contributed by atoms with Crippen molar-refractivity contribution in [2.24, 2.45) is 0 Å². The molecule has 24 heavy (non-hydrogen) atoms. The van der Waals surface area contributed by atoms with Crippen LogP contribution >= 0.6 is 22.9 Å². The van der Waals surface area contributed by atoms with E-state index in [-0.39, 0.29) is 10.8 Å². The van der Waals surface area contributed by atoms with Gasteiger partial charge >= 0.3 is 0 Å². The molecule has 0 amide bonds. The predicted octanol–water partition coefficient (Wildman–Crippen LogP) is 5.59. The molecule has 2 aromatic carbocycles. The maximum Gasteiger partial charge on any atom is 0.134 e. The minimum atomic E-state index is 0.0365. The summed E-state index contributed by atoms with van der Waals surface area (Å²) in [5, 5.41) is 24.6. The Morgan fingerprint density at radius 1 is 1.12 bits per heavy atom. The molecule has 2 aromatic heterocycles. The Morgan fingerprint density at radius 2 is 1.96 bits per heavy atom. The summed E-state index contributed by atoms with van der Waals surface area (Å²) in [5.74, 6) is 0.0365. The quantitative estimate of drug-likeness (QED) is 0.512. The van der Waals surface area contributed by atoms with Gasteiger partial charge < -0.3 is 9.67 Å². The van der Waals surface area contributed by atoms with Gasteiger partial charge in [0.25, 0.3) is 0 Å². The van der Waals surface area contributed by atoms with Crippen LogP contribution in [0.3, 0.4) is 0 Å². The third kappa shape index (κ3) is 2.18. The van der Waals surface area contributed by atoms with Crippen molar-refractivity contribution in [3.05, 3.63) is 69.9 Å². The molecule has 0 fully saturated rings. The maximum absolute atomic E-state index is 9.75. The van der Waals surface area contributed by atoms with Crippen LogP contribution < -0.4 is 0 Å². The first kappa shape index (κ1) is 14.8. The van der Waals surface area contributed by atoms with E-state index in [0.717, 1.165) is 27.8 Å². The summed E-state index contributed by atoms with van der Waals surface area (Å²) < 4.78 is 2.02. The number of benzene rings is 2. The van der Waals surface area contributed by atoms with Crippen molar-refractivity contribution in [3.63, 3.8) is 0 Å². The minimum absolute atomic E-state index is 0.0365. The third-order valence-corrected chi connectivity index (χ3v) is 4.96. The minimum Gasteiger partial charge on any atom is -0.506 e. The lowest BCUT2D eigenvalue weighted by Crippen LogP contribution is -1.97. The number of phenols is 1. The summed E-state index contributed by atoms with van der Waals surface area (Å²) >= 11 is 7.69. The molecule has 3 nitrogen and oxygen atoms in total. The molecule has 0 atom stereocenters. The van der Waals surface area contributed by atoms with E-state index in [1.807, 2.05) is 45.7 Å². The molecular weight excluding hydrogens is 340 g/mol. The van der Waals surface area contributed by atoms with Crippen LogP contribution in [0.5, 0.6) is 5.75 Å². The lowest BCUT2D eigenvalue weighted by Gasteiger charge is -2.11. The van der Waals surface area contributed by atoms with Gasteiger partial charge in [0.15, 0.2) is 0 Å². The van der Waals surface area contributed by atoms with Gasteiger partial charge in [-0.15, -0.1) is 0 Å². The van der Waals surface area contributed by atoms with Crippen LogP contribution in [0.1, 0.15) is 5.56 Å². The zero-order chi connectivity index (χ0) is 16.7. The molecule has 0 bridgehead atoms. The largest absolute Gasteiger partial charge is 0.506 e. The Labute approximate surface area is 147 Å². The molecule has 0 unspecified atom stereocenters. The third-order valence-electron chi connectivity index (χ3n) is 3.97. The monoisotopic (exact) mass is 350 g/mol. The van der Waals surface area contributed by atoms with E-state index in [9.17, 15) is 10.4 Å². The number of fused-ring (bicyclic) bond motifs is 1. The van der Waals surface area contributed by atoms with Crippen molar-refractivity contribution in [3.8, 4) is 28.8 Å². The summed E-state index contributed by atoms with van der Waals surface area (Å²) in [4.78, 5) is 0. The predicted molar refractivity (Wildman–Crippen MR) is 98.0 cm³/mol. The second kappa shape index (κ2) is 5.72. The van der Waals surface area contributed by atoms with Gasteiger partial charge in [-0.3, -0.25) is 0 Å². The highest BCUT2D eigenvalue weighted by Crippen LogP contribution is 2.38. The first-order chi connectivity index (χ1) is 11.7. The highest BCUT2D eigenvalue weighted by atomic mass is 35.5. The van der Waals surface area contributed by atoms with E-state index >= 15 is 0 Å². The molecule has 2 heterocycles. The number of thiophene rings is 1. The van der Waals surface area contributed by atoms with Crippen molar-refractivity contribution in [2.45, 2.75) is 0 Å². The summed E-state index contributed by atoms with van der Waals surface area (Å²) in [6, 6.07) is 17.2. The number of rotatable bonds is 2. The van der Waals surface area contributed by atoms with Gasteiger partial charge in [-0.25, -0.2) is 0 Å². The highest BCUT2D eigenvalue weighted by Gasteiger charge is 2.20. The van der Waals surface area contributed by atoms with Gasteiger partial charge in [-0.1, -0.05) is 29.8 Å². The fourth-order valence-electron chi connectivity index (χ4n) is 2.93. The van der Waals surface area contributed by atoms with Gasteiger partial charge in [0.1, 0.15) is 11.8 Å². The Kier molecular flexibility index (Phi) is 3.53. The molecule has 0 aliphatic carbocycles. The van der Waals surface area contributed by atoms with Crippen molar-refractivity contribution in [1.82, 2.24) is 4.57 Å². The normalized spacial score (nSPS) is 10.8. The molecular formula is C19H11ClN2OS. The van der Waals surface area contributed by atoms with E-state index in [0.29, 0.717) is 5.56 Å². The summed E-state index contributed by atoms with van der Waals surface area (Å²) in [7, 11) is 0. The summed E-state index contributed by atoms with van der Waals surface area (Å²) in [5.41, 5.74) is 4.18. The SMILES string of the molecule is N#Cc1c(-c2ccsc2)n(-c2ccc(O)c(Cl)c2)c2ccccc12. The van der Waals surface area contributed by atoms with Crippen LogP contribution in [0.2, 0.25) is 5.02 Å². The van der Waals surface area contributed by atoms with Gasteiger partial charge in [-0.05, 0) is 35.7 Å². The number of hydrogen-bond donors (Lipinski definition) is 1. The first-order valence-corrected chi connectivity index (χ1v) is 8.58. The van der Waals surface area contributed by atoms with Crippen molar-refractivity contribution >= 4 is 33.8 Å². The van der Waals surface area contributed by atoms with Crippen LogP contribution in [-0.2, 0) is 0 Å². The molecule has 116 valence electrons. The second-order valence-electron chi connectivity index (χ2n) is 5.34. The highest BCUT2D eigenvalue weighted by molar-refractivity contribution is 7.08. The van der Waals surface area contributed by atoms with E-state index in [2.05, 4.69) is 6.07 Å². The Hall–Kier alpha value is -2.74. The van der Waals surface area contributed by atoms with Crippen LogP contribution in [0.4, 0.5) is 0 Å². The van der Waals surface area contributed by atoms with Crippen molar-refractivity contribution in [2.75, 3.05) is 0 Å². The maximum atomic E-state index is 9.75. The zero-order valence-corrected chi connectivity index (χ0v) is 14.0. The van der Waals surface area contributed by atoms with E-state index in [4.69, 9.17) is 11.6 Å². The van der Waals surface area contributed by atoms with Crippen molar-refractivity contribution < 1.29 is 5.11 Å². The molecule has 0 aliphatic rings. The first-order valence-electron chi connectivity index (χ1n) is 7.25. The lowest BCUT2D eigenvalue weighted by molar-refractivity contribution is 0.475. The average molecular weight is 351 g/mol. The lowest BCUT2D eigenvalue weighted by atomic mass is 10.1. The zero-order valence-electron chi connectivity index (χ0n) is 12.4. The van der Waals surface area contributed by atoms with Gasteiger partial charge in [0.2, 0.25) is 0 Å². The van der Waals surface area contributed by atoms with Crippen LogP contribution in [0.15, 0.2) is 59.3 Å². The Bertz CT molecular complexity index is 1090. The average Bonchev–Trinajstić information content (AvgIpc) is 3.22. The van der Waals surface area contributed by atoms with E-state index < -0.39 is 0 Å². The number of halogens is 1. The van der Waals surface area contributed by atoms with Gasteiger partial charge in [0.05, 0.1) is 21.8 Å². The topological polar surface area (TPSA) is 49.0 Å². The molecule has 4 rings (SSSR count). The molecule has 5 heteroatoms. The van der Waals surface area contributed by atoms with Crippen LogP contribution in [0.25, 0.3) is 27.8 Å². The number of phenolic OH excluding ortho intramolecular Hbond substituents is 1. The van der Waals surface area contributed by atoms with Crippen molar-refractivity contribution in [1.29, 1.82) is 5.26 Å². The van der Waals surface area contributed by atoms with E-state index in [1.54, 1.807) is 29.5 Å². The standard InChI is InChI=1S/C19H11ClN2OS/c20-16-9-13(5-6-18(16)23)22-17-4-2-1-3-14(17)15(10-21)19(22)12-7-8-24-11-12/h1-9,11,23H. The molecule has 0 spiro atoms. The molecule has 1 N–H and O–H groups in total. The smallest absolute Gasteiger partial charge is 0.134 e. The van der Waals surface area contributed by atoms with E-state index in [1.165, 1.54) is 0 Å². The fraction of sp³-hybridized carbons (Fsp3) is 0. The molecule has 4 aromatic rings. The number of para-hydroxylation sites is 1. The van der Waals surface area contributed by atoms with Crippen LogP contribution in [-0.4, -0.2) is 9.67 Å². The molecule has 0 saturated heterocycles. The van der Waals surface area contributed by atoms with Gasteiger partial charge in [-0.2, -0.15) is 16.6 Å². The Balaban J connectivity index is 2.16. The molecule has 0 aliphatic heterocycles. The molecule has 0 radical (unpaired) electrons. The fourth-order valence-corrected chi connectivity index (χ4v) is 3.74. The summed E-state index contributed by atoms with van der Waals surface area (Å²) in [6.07, 6.45) is 0. The Morgan fingerprint density at radius 3 is 2.67 bits per heavy atom. The number of nitriles is 1. The second-order valence-corrected chi connectivity index (χ2v) is 6.52. The van der Waals surface area contributed by atoms with Crippen LogP contribution in [0, 0.1) is 11.3 Å². The van der Waals surface area contributed by atoms with Gasteiger partial charge in [0, 0.05) is 22.0 Å². The number of hydrogen-bond acceptors (Lipinski definition) is 3. The summed E-state index contributed by atoms with van der Waals surface area (Å²) in [6.45, 7) is 0. The number of aromatic hydroxyl groups is 1. The number of nitrogens with zero attached hydrogens (tertiary/aromatic N) is 2. The molecule has 0 saturated carbocycles.